The number of hydrogen-bond donors (Lipinski definition) is 3. The van der Waals surface area contributed by atoms with Crippen LogP contribution in [-0.2, 0) is 26.2 Å². The van der Waals surface area contributed by atoms with E-state index in [2.05, 4.69) is 15.5 Å². The summed E-state index contributed by atoms with van der Waals surface area (Å²) in [5.41, 5.74) is 6.36. The molecule has 5 N–H and O–H groups in total. The Morgan fingerprint density at radius 2 is 2.10 bits per heavy atom. The minimum atomic E-state index is -3.45. The van der Waals surface area contributed by atoms with Gasteiger partial charge in [-0.15, -0.1) is 16.9 Å². The lowest BCUT2D eigenvalue weighted by molar-refractivity contribution is -0.147. The fraction of sp³-hybridized carbons (Fsp3) is 0.643. The quantitative estimate of drug-likeness (QED) is 0.215. The van der Waals surface area contributed by atoms with E-state index in [0.29, 0.717) is 48.0 Å². The molecule has 0 aromatic carbocycles. The molecule has 2 aliphatic rings. The molecule has 1 aromatic rings. The van der Waals surface area contributed by atoms with Gasteiger partial charge < -0.3 is 10.8 Å². The van der Waals surface area contributed by atoms with E-state index in [0.717, 1.165) is 0 Å². The maximum Gasteiger partial charge on any atom is 0.352 e. The van der Waals surface area contributed by atoms with Crippen LogP contribution in [0.25, 0.3) is 0 Å². The van der Waals surface area contributed by atoms with Gasteiger partial charge in [0.05, 0.1) is 5.75 Å². The third kappa shape index (κ3) is 5.09. The molecule has 1 fully saturated rings. The van der Waals surface area contributed by atoms with Crippen LogP contribution in [0.1, 0.15) is 19.3 Å². The second kappa shape index (κ2) is 8.99. The number of carboxylic acids is 1. The summed E-state index contributed by atoms with van der Waals surface area (Å²) in [5, 5.41) is 26.2. The van der Waals surface area contributed by atoms with Crippen molar-refractivity contribution in [3.8, 4) is 0 Å². The van der Waals surface area contributed by atoms with Crippen LogP contribution in [0.2, 0.25) is 0 Å². The highest BCUT2D eigenvalue weighted by Crippen LogP contribution is 2.40. The Kier molecular flexibility index (Phi) is 6.83. The van der Waals surface area contributed by atoms with E-state index in [1.54, 1.807) is 4.68 Å². The summed E-state index contributed by atoms with van der Waals surface area (Å²) in [6, 6.07) is -0.662. The molecule has 15 heteroatoms. The van der Waals surface area contributed by atoms with Gasteiger partial charge in [0.25, 0.3) is 0 Å². The number of carboxylic acid groups (broad SMARTS) is 1. The molecule has 1 unspecified atom stereocenters. The highest BCUT2D eigenvalue weighted by atomic mass is 32.2. The Morgan fingerprint density at radius 3 is 2.79 bits per heavy atom. The number of amides is 1. The Morgan fingerprint density at radius 1 is 1.34 bits per heavy atom. The maximum absolute atomic E-state index is 12.0. The van der Waals surface area contributed by atoms with Crippen molar-refractivity contribution in [3.63, 3.8) is 0 Å². The molecule has 2 atom stereocenters. The molecule has 12 nitrogen and oxygen atoms in total. The molecule has 3 heterocycles. The lowest BCUT2D eigenvalue weighted by Crippen LogP contribution is -2.68. The molecular formula is C14H21N7O5S3. The molecule has 0 aliphatic carbocycles. The average Bonchev–Trinajstić information content (AvgIpc) is 3.10. The summed E-state index contributed by atoms with van der Waals surface area (Å²) in [4.78, 5) is 24.9. The summed E-state index contributed by atoms with van der Waals surface area (Å²) in [6.45, 7) is 0.501. The highest BCUT2D eigenvalue weighted by Gasteiger charge is 2.51. The van der Waals surface area contributed by atoms with Gasteiger partial charge in [-0.3, -0.25) is 9.69 Å². The first-order valence-electron chi connectivity index (χ1n) is 8.74. The summed E-state index contributed by atoms with van der Waals surface area (Å²) in [5.74, 6) is -0.807. The van der Waals surface area contributed by atoms with Crippen molar-refractivity contribution >= 4 is 45.4 Å². The number of β-lactam (4-membered cyclic amide) rings is 1. The zero-order chi connectivity index (χ0) is 21.2. The lowest BCUT2D eigenvalue weighted by Gasteiger charge is -2.48. The van der Waals surface area contributed by atoms with E-state index in [4.69, 9.17) is 10.9 Å². The second-order valence-electron chi connectivity index (χ2n) is 6.59. The molecule has 0 bridgehead atoms. The first-order chi connectivity index (χ1) is 13.7. The monoisotopic (exact) mass is 463 g/mol. The predicted molar refractivity (Wildman–Crippen MR) is 106 cm³/mol. The van der Waals surface area contributed by atoms with Gasteiger partial charge in [-0.2, -0.15) is 0 Å². The third-order valence-corrected chi connectivity index (χ3v) is 7.73. The van der Waals surface area contributed by atoms with Gasteiger partial charge in [0.2, 0.25) is 21.1 Å². The van der Waals surface area contributed by atoms with Gasteiger partial charge >= 0.3 is 5.97 Å². The Labute approximate surface area is 175 Å². The topological polar surface area (TPSA) is 187 Å². The predicted octanol–water partition coefficient (Wildman–Crippen LogP) is -1.19. The van der Waals surface area contributed by atoms with Crippen molar-refractivity contribution in [1.29, 1.82) is 0 Å². The zero-order valence-corrected chi connectivity index (χ0v) is 17.7. The molecule has 1 aromatic heterocycles. The van der Waals surface area contributed by atoms with Crippen molar-refractivity contribution in [2.24, 2.45) is 10.9 Å². The van der Waals surface area contributed by atoms with Gasteiger partial charge in [-0.1, -0.05) is 18.2 Å². The second-order valence-corrected chi connectivity index (χ2v) is 10.4. The molecule has 29 heavy (non-hydrogen) atoms. The normalized spacial score (nSPS) is 21.9. The lowest BCUT2D eigenvalue weighted by atomic mass is 10.0. The highest BCUT2D eigenvalue weighted by molar-refractivity contribution is 8.01. The van der Waals surface area contributed by atoms with Gasteiger partial charge in [0.15, 0.2) is 0 Å². The smallest absolute Gasteiger partial charge is 0.352 e. The number of tetrazole rings is 1. The van der Waals surface area contributed by atoms with Crippen LogP contribution in [0.4, 0.5) is 0 Å². The van der Waals surface area contributed by atoms with E-state index in [1.807, 2.05) is 0 Å². The fourth-order valence-corrected chi connectivity index (χ4v) is 5.97. The number of fused-ring (bicyclic) bond motifs is 1. The number of nitrogens with zero attached hydrogens (tertiary/aromatic N) is 5. The van der Waals surface area contributed by atoms with Crippen LogP contribution in [0.5, 0.6) is 0 Å². The van der Waals surface area contributed by atoms with Crippen LogP contribution >= 0.6 is 23.5 Å². The van der Waals surface area contributed by atoms with Crippen LogP contribution in [0, 0.1) is 0 Å². The van der Waals surface area contributed by atoms with E-state index in [9.17, 15) is 23.1 Å². The largest absolute Gasteiger partial charge is 0.477 e. The number of nitrogens with two attached hydrogens (primary N) is 2. The first-order valence-corrected chi connectivity index (χ1v) is 12.5. The summed E-state index contributed by atoms with van der Waals surface area (Å²) >= 11 is 2.73. The van der Waals surface area contributed by atoms with Crippen molar-refractivity contribution in [1.82, 2.24) is 25.1 Å². The van der Waals surface area contributed by atoms with E-state index in [-0.39, 0.29) is 22.7 Å². The Bertz CT molecular complexity index is 932. The molecule has 1 amide bonds. The van der Waals surface area contributed by atoms with Crippen LogP contribution in [0.3, 0.4) is 0 Å². The standard InChI is InChI=1S/C14H21N7O5S3/c15-9-11(22)21-10(13(23)24)8(6-27-12(9)21)7-28-14-17-18-19-20(14)4-2-1-3-5-29(16,25)26/h9,12H,1-7,15H2,(H,23,24)(H2,16,25,26)/t9?,12-/m1/s1. The average molecular weight is 464 g/mol. The molecule has 0 radical (unpaired) electrons. The van der Waals surface area contributed by atoms with E-state index in [1.165, 1.54) is 28.4 Å². The van der Waals surface area contributed by atoms with E-state index < -0.39 is 22.0 Å². The number of aliphatic carboxylic acids is 1. The Balaban J connectivity index is 1.58. The molecular weight excluding hydrogens is 442 g/mol. The number of thioether (sulfide) groups is 2. The third-order valence-electron chi connectivity index (χ3n) is 4.46. The number of unbranched alkanes of at least 4 members (excludes halogenated alkanes) is 2. The van der Waals surface area contributed by atoms with Crippen molar-refractivity contribution in [2.75, 3.05) is 17.3 Å². The molecule has 160 valence electrons. The van der Waals surface area contributed by atoms with Crippen molar-refractivity contribution in [3.05, 3.63) is 11.3 Å². The number of carbonyl (C=O) groups excluding carboxylic acids is 1. The number of hydrogen-bond acceptors (Lipinski definition) is 10. The number of rotatable bonds is 10. The van der Waals surface area contributed by atoms with Crippen molar-refractivity contribution in [2.45, 2.75) is 42.4 Å². The van der Waals surface area contributed by atoms with Crippen LogP contribution in [0.15, 0.2) is 16.4 Å². The number of carbonyl (C=O) groups is 2. The fourth-order valence-electron chi connectivity index (χ4n) is 3.02. The van der Waals surface area contributed by atoms with Gasteiger partial charge in [-0.25, -0.2) is 23.0 Å². The summed E-state index contributed by atoms with van der Waals surface area (Å²) in [6.07, 6.45) is 1.79. The van der Waals surface area contributed by atoms with Gasteiger partial charge in [0, 0.05) is 18.1 Å². The minimum absolute atomic E-state index is 0.00466. The van der Waals surface area contributed by atoms with Gasteiger partial charge in [0.1, 0.15) is 17.1 Å². The van der Waals surface area contributed by atoms with Gasteiger partial charge in [-0.05, 0) is 28.8 Å². The molecule has 2 aliphatic heterocycles. The molecule has 0 saturated carbocycles. The van der Waals surface area contributed by atoms with Crippen LogP contribution < -0.4 is 10.9 Å². The number of aryl methyl sites for hydroxylation is 1. The van der Waals surface area contributed by atoms with Crippen molar-refractivity contribution < 1.29 is 23.1 Å². The minimum Gasteiger partial charge on any atom is -0.477 e. The van der Waals surface area contributed by atoms with Crippen LogP contribution in [-0.4, -0.2) is 79.2 Å². The molecule has 3 rings (SSSR count). The number of primary sulfonamides is 1. The maximum atomic E-state index is 12.0. The first kappa shape index (κ1) is 22.0. The molecule has 1 saturated heterocycles. The number of aromatic nitrogens is 4. The Hall–Kier alpha value is -1.68. The zero-order valence-electron chi connectivity index (χ0n) is 15.3. The SMILES string of the molecule is NC1C(=O)N2C(C(=O)O)=C(CSc3nnnn3CCCCCS(N)(=O)=O)CS[C@H]12. The number of sulfonamides is 1. The van der Waals surface area contributed by atoms with E-state index >= 15 is 0 Å². The summed E-state index contributed by atoms with van der Waals surface area (Å²) < 4.78 is 23.5. The molecule has 0 spiro atoms. The summed E-state index contributed by atoms with van der Waals surface area (Å²) in [7, 11) is -3.45.